The van der Waals surface area contributed by atoms with Crippen molar-refractivity contribution in [3.8, 4) is 17.2 Å². The van der Waals surface area contributed by atoms with Gasteiger partial charge >= 0.3 is 0 Å². The molecule has 2 atom stereocenters. The van der Waals surface area contributed by atoms with Crippen LogP contribution in [0.2, 0.25) is 0 Å². The van der Waals surface area contributed by atoms with Crippen LogP contribution in [0, 0.1) is 5.92 Å². The molecule has 128 valence electrons. The number of carbonyl (C=O) groups is 1. The van der Waals surface area contributed by atoms with Gasteiger partial charge in [-0.2, -0.15) is 0 Å². The Bertz CT molecular complexity index is 529. The molecule has 23 heavy (non-hydrogen) atoms. The molecule has 0 saturated carbocycles. The summed E-state index contributed by atoms with van der Waals surface area (Å²) >= 11 is 0. The van der Waals surface area contributed by atoms with Gasteiger partial charge in [-0.15, -0.1) is 0 Å². The molecule has 1 aromatic carbocycles. The summed E-state index contributed by atoms with van der Waals surface area (Å²) in [5, 5.41) is 0. The van der Waals surface area contributed by atoms with E-state index in [2.05, 4.69) is 11.8 Å². The standard InChI is InChI=1S/C16H25N3O4/c1-10-6-19(8-12(10)17)7-11-4-13(21-2)16(14(5-11)22-3)23-9-15(18)20/h4-5,10,12H,6-9,17H2,1-3H3,(H2,18,20). The molecular formula is C16H25N3O4. The summed E-state index contributed by atoms with van der Waals surface area (Å²) in [6.45, 7) is 4.51. The molecule has 2 unspecified atom stereocenters. The van der Waals surface area contributed by atoms with Gasteiger partial charge in [0.1, 0.15) is 0 Å². The molecule has 0 aliphatic carbocycles. The molecule has 0 bridgehead atoms. The zero-order valence-corrected chi connectivity index (χ0v) is 13.9. The minimum Gasteiger partial charge on any atom is -0.493 e. The molecule has 1 saturated heterocycles. The van der Waals surface area contributed by atoms with Gasteiger partial charge in [-0.1, -0.05) is 6.92 Å². The first-order valence-electron chi connectivity index (χ1n) is 7.58. The van der Waals surface area contributed by atoms with E-state index in [0.717, 1.165) is 25.2 Å². The van der Waals surface area contributed by atoms with Gasteiger partial charge in [0.2, 0.25) is 5.75 Å². The minimum absolute atomic E-state index is 0.206. The largest absolute Gasteiger partial charge is 0.493 e. The summed E-state index contributed by atoms with van der Waals surface area (Å²) in [5.74, 6) is 1.33. The van der Waals surface area contributed by atoms with E-state index >= 15 is 0 Å². The monoisotopic (exact) mass is 323 g/mol. The molecule has 1 amide bonds. The van der Waals surface area contributed by atoms with Crippen molar-refractivity contribution in [1.82, 2.24) is 4.90 Å². The van der Waals surface area contributed by atoms with E-state index in [9.17, 15) is 4.79 Å². The Labute approximate surface area is 136 Å². The molecule has 0 spiro atoms. The smallest absolute Gasteiger partial charge is 0.255 e. The average Bonchev–Trinajstić information content (AvgIpc) is 2.82. The van der Waals surface area contributed by atoms with Crippen LogP contribution in [0.15, 0.2) is 12.1 Å². The number of nitrogens with zero attached hydrogens (tertiary/aromatic N) is 1. The van der Waals surface area contributed by atoms with Crippen molar-refractivity contribution < 1.29 is 19.0 Å². The van der Waals surface area contributed by atoms with Crippen LogP contribution in [0.1, 0.15) is 12.5 Å². The second-order valence-electron chi connectivity index (χ2n) is 5.92. The van der Waals surface area contributed by atoms with Crippen molar-refractivity contribution in [2.45, 2.75) is 19.5 Å². The number of hydrogen-bond donors (Lipinski definition) is 2. The van der Waals surface area contributed by atoms with Crippen LogP contribution < -0.4 is 25.7 Å². The lowest BCUT2D eigenvalue weighted by molar-refractivity contribution is -0.119. The van der Waals surface area contributed by atoms with Gasteiger partial charge in [0.25, 0.3) is 5.91 Å². The summed E-state index contributed by atoms with van der Waals surface area (Å²) < 4.78 is 16.1. The molecule has 1 aliphatic heterocycles. The number of likely N-dealkylation sites (tertiary alicyclic amines) is 1. The van der Waals surface area contributed by atoms with E-state index in [1.54, 1.807) is 14.2 Å². The molecule has 7 nitrogen and oxygen atoms in total. The van der Waals surface area contributed by atoms with E-state index in [1.807, 2.05) is 12.1 Å². The Morgan fingerprint density at radius 2 is 1.87 bits per heavy atom. The Kier molecular flexibility index (Phi) is 5.68. The van der Waals surface area contributed by atoms with Crippen LogP contribution in [-0.4, -0.2) is 50.8 Å². The third kappa shape index (κ3) is 4.27. The number of ether oxygens (including phenoxy) is 3. The first-order valence-corrected chi connectivity index (χ1v) is 7.58. The predicted octanol–water partition coefficient (Wildman–Crippen LogP) is 0.347. The average molecular weight is 323 g/mol. The number of benzene rings is 1. The fourth-order valence-corrected chi connectivity index (χ4v) is 2.79. The Hall–Kier alpha value is -1.99. The lowest BCUT2D eigenvalue weighted by Gasteiger charge is -2.19. The number of amides is 1. The van der Waals surface area contributed by atoms with Gasteiger partial charge in [-0.3, -0.25) is 9.69 Å². The Morgan fingerprint density at radius 1 is 1.26 bits per heavy atom. The molecule has 2 rings (SSSR count). The van der Waals surface area contributed by atoms with Crippen LogP contribution in [0.3, 0.4) is 0 Å². The van der Waals surface area contributed by atoms with Gasteiger partial charge in [0, 0.05) is 25.7 Å². The lowest BCUT2D eigenvalue weighted by atomic mass is 10.1. The van der Waals surface area contributed by atoms with Crippen LogP contribution in [-0.2, 0) is 11.3 Å². The quantitative estimate of drug-likeness (QED) is 0.751. The second kappa shape index (κ2) is 7.52. The zero-order chi connectivity index (χ0) is 17.0. The molecule has 7 heteroatoms. The zero-order valence-electron chi connectivity index (χ0n) is 13.9. The molecular weight excluding hydrogens is 298 g/mol. The number of primary amides is 1. The molecule has 1 heterocycles. The fraction of sp³-hybridized carbons (Fsp3) is 0.562. The number of methoxy groups -OCH3 is 2. The molecule has 0 aromatic heterocycles. The number of carbonyl (C=O) groups excluding carboxylic acids is 1. The van der Waals surface area contributed by atoms with Crippen LogP contribution in [0.25, 0.3) is 0 Å². The molecule has 1 aromatic rings. The van der Waals surface area contributed by atoms with Crippen molar-refractivity contribution in [3.63, 3.8) is 0 Å². The van der Waals surface area contributed by atoms with Gasteiger partial charge < -0.3 is 25.7 Å². The van der Waals surface area contributed by atoms with Crippen molar-refractivity contribution in [1.29, 1.82) is 0 Å². The highest BCUT2D eigenvalue weighted by atomic mass is 16.5. The van der Waals surface area contributed by atoms with Crippen LogP contribution in [0.5, 0.6) is 17.2 Å². The van der Waals surface area contributed by atoms with Crippen molar-refractivity contribution in [2.24, 2.45) is 17.4 Å². The summed E-state index contributed by atoms with van der Waals surface area (Å²) in [4.78, 5) is 13.2. The van der Waals surface area contributed by atoms with Crippen molar-refractivity contribution in [3.05, 3.63) is 17.7 Å². The maximum Gasteiger partial charge on any atom is 0.255 e. The first kappa shape index (κ1) is 17.4. The molecule has 4 N–H and O–H groups in total. The third-order valence-electron chi connectivity index (χ3n) is 4.03. The number of hydrogen-bond acceptors (Lipinski definition) is 6. The van der Waals surface area contributed by atoms with Gasteiger partial charge in [-0.25, -0.2) is 0 Å². The Balaban J connectivity index is 2.20. The molecule has 0 radical (unpaired) electrons. The Morgan fingerprint density at radius 3 is 2.30 bits per heavy atom. The molecule has 1 fully saturated rings. The van der Waals surface area contributed by atoms with Crippen LogP contribution >= 0.6 is 0 Å². The maximum atomic E-state index is 10.9. The highest BCUT2D eigenvalue weighted by molar-refractivity contribution is 5.75. The fourth-order valence-electron chi connectivity index (χ4n) is 2.79. The van der Waals surface area contributed by atoms with E-state index in [-0.39, 0.29) is 12.6 Å². The molecule has 1 aliphatic rings. The number of nitrogens with two attached hydrogens (primary N) is 2. The first-order chi connectivity index (χ1) is 10.9. The van der Waals surface area contributed by atoms with Crippen LogP contribution in [0.4, 0.5) is 0 Å². The third-order valence-corrected chi connectivity index (χ3v) is 4.03. The van der Waals surface area contributed by atoms with Crippen molar-refractivity contribution >= 4 is 5.91 Å². The highest BCUT2D eigenvalue weighted by Gasteiger charge is 2.27. The van der Waals surface area contributed by atoms with Gasteiger partial charge in [0.05, 0.1) is 14.2 Å². The number of rotatable bonds is 7. The summed E-state index contributed by atoms with van der Waals surface area (Å²) in [6, 6.07) is 3.97. The maximum absolute atomic E-state index is 10.9. The van der Waals surface area contributed by atoms with Gasteiger partial charge in [-0.05, 0) is 23.6 Å². The predicted molar refractivity (Wildman–Crippen MR) is 86.7 cm³/mol. The summed E-state index contributed by atoms with van der Waals surface area (Å²) in [6.07, 6.45) is 0. The summed E-state index contributed by atoms with van der Waals surface area (Å²) in [5.41, 5.74) is 12.2. The summed E-state index contributed by atoms with van der Waals surface area (Å²) in [7, 11) is 3.09. The normalized spacial score (nSPS) is 21.2. The van der Waals surface area contributed by atoms with E-state index in [0.29, 0.717) is 23.2 Å². The second-order valence-corrected chi connectivity index (χ2v) is 5.92. The van der Waals surface area contributed by atoms with E-state index in [4.69, 9.17) is 25.7 Å². The van der Waals surface area contributed by atoms with E-state index in [1.165, 1.54) is 0 Å². The topological polar surface area (TPSA) is 100 Å². The highest BCUT2D eigenvalue weighted by Crippen LogP contribution is 2.39. The minimum atomic E-state index is -0.557. The lowest BCUT2D eigenvalue weighted by Crippen LogP contribution is -2.28. The SMILES string of the molecule is COc1cc(CN2CC(C)C(N)C2)cc(OC)c1OCC(N)=O. The van der Waals surface area contributed by atoms with Gasteiger partial charge in [0.15, 0.2) is 18.1 Å². The van der Waals surface area contributed by atoms with Crippen molar-refractivity contribution in [2.75, 3.05) is 33.9 Å². The van der Waals surface area contributed by atoms with E-state index < -0.39 is 5.91 Å².